The lowest BCUT2D eigenvalue weighted by atomic mass is 9.88. The van der Waals surface area contributed by atoms with Crippen LogP contribution in [0.4, 0.5) is 32.0 Å². The summed E-state index contributed by atoms with van der Waals surface area (Å²) in [7, 11) is -3.70. The maximum absolute atomic E-state index is 13.7. The molecule has 3 rings (SSSR count). The number of anilines is 1. The van der Waals surface area contributed by atoms with E-state index in [-0.39, 0.29) is 39.9 Å². The number of amides is 1. The van der Waals surface area contributed by atoms with Crippen LogP contribution in [0, 0.1) is 5.92 Å². The molecular formula is C27H30F6N2O6S. The van der Waals surface area contributed by atoms with Gasteiger partial charge in [0.2, 0.25) is 5.54 Å². The molecule has 1 atom stereocenters. The van der Waals surface area contributed by atoms with Crippen LogP contribution in [-0.4, -0.2) is 49.1 Å². The first-order valence-electron chi connectivity index (χ1n) is 12.6. The van der Waals surface area contributed by atoms with E-state index in [2.05, 4.69) is 10.6 Å². The molecule has 3 N–H and O–H groups in total. The van der Waals surface area contributed by atoms with Crippen LogP contribution >= 0.6 is 0 Å². The van der Waals surface area contributed by atoms with Crippen LogP contribution in [0.5, 0.6) is 0 Å². The fraction of sp³-hybridized carbons (Fsp3) is 0.481. The van der Waals surface area contributed by atoms with E-state index < -0.39 is 56.4 Å². The average molecular weight is 625 g/mol. The number of esters is 1. The summed E-state index contributed by atoms with van der Waals surface area (Å²) < 4.78 is 110. The molecule has 0 fully saturated rings. The first-order chi connectivity index (χ1) is 19.0. The van der Waals surface area contributed by atoms with Gasteiger partial charge in [0.1, 0.15) is 5.60 Å². The Labute approximate surface area is 238 Å². The van der Waals surface area contributed by atoms with Gasteiger partial charge in [0.15, 0.2) is 9.84 Å². The van der Waals surface area contributed by atoms with Crippen LogP contribution in [0.3, 0.4) is 0 Å². The normalized spacial score (nSPS) is 18.1. The molecule has 232 valence electrons. The summed E-state index contributed by atoms with van der Waals surface area (Å²) in [6.07, 6.45) is -12.2. The second-order valence-electron chi connectivity index (χ2n) is 11.3. The summed E-state index contributed by atoms with van der Waals surface area (Å²) in [6, 6.07) is 5.94. The molecule has 15 heteroatoms. The van der Waals surface area contributed by atoms with Gasteiger partial charge < -0.3 is 15.2 Å². The molecule has 0 bridgehead atoms. The third-order valence-electron chi connectivity index (χ3n) is 6.36. The number of nitrogens with one attached hydrogen (secondary N) is 2. The minimum absolute atomic E-state index is 0.0328. The van der Waals surface area contributed by atoms with Gasteiger partial charge in [-0.05, 0) is 62.1 Å². The number of sulfone groups is 1. The monoisotopic (exact) mass is 624 g/mol. The van der Waals surface area contributed by atoms with Gasteiger partial charge in [0, 0.05) is 17.8 Å². The Hall–Kier alpha value is -3.17. The number of benzene rings is 2. The van der Waals surface area contributed by atoms with Gasteiger partial charge >= 0.3 is 18.3 Å². The summed E-state index contributed by atoms with van der Waals surface area (Å²) in [5.41, 5.74) is -10.0. The lowest BCUT2D eigenvalue weighted by Crippen LogP contribution is -2.56. The summed E-state index contributed by atoms with van der Waals surface area (Å²) in [6.45, 7) is 7.92. The Morgan fingerprint density at radius 1 is 1.00 bits per heavy atom. The first-order valence-corrected chi connectivity index (χ1v) is 14.2. The molecule has 0 spiro atoms. The highest BCUT2D eigenvalue weighted by Gasteiger charge is 2.71. The average Bonchev–Trinajstić information content (AvgIpc) is 3.21. The van der Waals surface area contributed by atoms with Crippen molar-refractivity contribution in [2.45, 2.75) is 75.2 Å². The molecule has 0 saturated heterocycles. The van der Waals surface area contributed by atoms with E-state index in [0.29, 0.717) is 24.3 Å². The highest BCUT2D eigenvalue weighted by Crippen LogP contribution is 2.50. The second kappa shape index (κ2) is 10.8. The number of ether oxygens (including phenoxy) is 1. The number of aliphatic hydroxyl groups is 1. The van der Waals surface area contributed by atoms with Crippen LogP contribution in [0.15, 0.2) is 47.4 Å². The van der Waals surface area contributed by atoms with E-state index in [1.807, 2.05) is 0 Å². The topological polar surface area (TPSA) is 122 Å². The van der Waals surface area contributed by atoms with E-state index in [0.717, 1.165) is 0 Å². The van der Waals surface area contributed by atoms with Crippen LogP contribution in [0.25, 0.3) is 0 Å². The second-order valence-corrected chi connectivity index (χ2v) is 13.4. The number of carbonyl (C=O) groups is 2. The molecule has 1 amide bonds. The fourth-order valence-electron chi connectivity index (χ4n) is 4.47. The van der Waals surface area contributed by atoms with E-state index >= 15 is 0 Å². The predicted octanol–water partition coefficient (Wildman–Crippen LogP) is 4.71. The lowest BCUT2D eigenvalue weighted by molar-refractivity contribution is -0.376. The van der Waals surface area contributed by atoms with Crippen LogP contribution in [0.1, 0.15) is 51.3 Å². The Morgan fingerprint density at radius 2 is 1.55 bits per heavy atom. The summed E-state index contributed by atoms with van der Waals surface area (Å²) in [5.74, 6) is -2.50. The zero-order chi connectivity index (χ0) is 32.1. The van der Waals surface area contributed by atoms with E-state index in [9.17, 15) is 49.5 Å². The molecule has 1 heterocycles. The van der Waals surface area contributed by atoms with Crippen molar-refractivity contribution in [1.82, 2.24) is 5.32 Å². The zero-order valence-electron chi connectivity index (χ0n) is 23.2. The summed E-state index contributed by atoms with van der Waals surface area (Å²) >= 11 is 0. The Balaban J connectivity index is 2.04. The van der Waals surface area contributed by atoms with Crippen molar-refractivity contribution in [2.24, 2.45) is 5.92 Å². The maximum Gasteiger partial charge on any atom is 0.430 e. The molecule has 2 aromatic carbocycles. The number of alkyl halides is 6. The van der Waals surface area contributed by atoms with Gasteiger partial charge in [-0.15, -0.1) is 0 Å². The van der Waals surface area contributed by atoms with Crippen molar-refractivity contribution >= 4 is 27.4 Å². The van der Waals surface area contributed by atoms with Gasteiger partial charge in [0.05, 0.1) is 10.6 Å². The zero-order valence-corrected chi connectivity index (χ0v) is 24.0. The van der Waals surface area contributed by atoms with E-state index in [1.165, 1.54) is 39.0 Å². The van der Waals surface area contributed by atoms with Crippen molar-refractivity contribution in [3.05, 3.63) is 59.2 Å². The molecule has 1 unspecified atom stereocenters. The first kappa shape index (κ1) is 33.3. The quantitative estimate of drug-likeness (QED) is 0.232. The maximum atomic E-state index is 13.7. The molecule has 8 nitrogen and oxygen atoms in total. The third-order valence-corrected chi connectivity index (χ3v) is 8.44. The van der Waals surface area contributed by atoms with Crippen LogP contribution in [0.2, 0.25) is 0 Å². The van der Waals surface area contributed by atoms with E-state index in [1.54, 1.807) is 13.8 Å². The Morgan fingerprint density at radius 3 is 2.02 bits per heavy atom. The smallest absolute Gasteiger partial charge is 0.430 e. The third kappa shape index (κ3) is 6.13. The van der Waals surface area contributed by atoms with Gasteiger partial charge in [-0.3, -0.25) is 10.1 Å². The van der Waals surface area contributed by atoms with Crippen molar-refractivity contribution in [2.75, 3.05) is 11.1 Å². The van der Waals surface area contributed by atoms with Gasteiger partial charge in [-0.25, -0.2) is 13.2 Å². The van der Waals surface area contributed by atoms with Gasteiger partial charge in [-0.2, -0.15) is 26.3 Å². The molecule has 0 aromatic heterocycles. The minimum atomic E-state index is -6.10. The number of halogens is 6. The van der Waals surface area contributed by atoms with Crippen molar-refractivity contribution in [3.63, 3.8) is 0 Å². The molecule has 1 aliphatic heterocycles. The minimum Gasteiger partial charge on any atom is -0.458 e. The molecule has 0 aliphatic carbocycles. The number of rotatable bonds is 7. The molecule has 2 aromatic rings. The largest absolute Gasteiger partial charge is 0.458 e. The molecule has 1 aliphatic rings. The molecular weight excluding hydrogens is 594 g/mol. The number of hydrogen-bond acceptors (Lipinski definition) is 7. The summed E-state index contributed by atoms with van der Waals surface area (Å²) in [4.78, 5) is 27.1. The highest BCUT2D eigenvalue weighted by molar-refractivity contribution is 7.91. The lowest BCUT2D eigenvalue weighted by Gasteiger charge is -2.33. The highest BCUT2D eigenvalue weighted by atomic mass is 32.2. The van der Waals surface area contributed by atoms with Crippen LogP contribution in [-0.2, 0) is 41.8 Å². The predicted molar refractivity (Wildman–Crippen MR) is 139 cm³/mol. The summed E-state index contributed by atoms with van der Waals surface area (Å²) in [5, 5.41) is 14.7. The molecule has 0 saturated carbocycles. The van der Waals surface area contributed by atoms with Gasteiger partial charge in [0.25, 0.3) is 11.5 Å². The SMILES string of the molecule is CC(C)CS(=O)(=O)c1ccc2c(c1)CNC2(C(=O)Nc1ccc(C(O)(C(F)(F)F)C(F)(F)F)cc1)C(=O)OC(C)(C)C. The number of fused-ring (bicyclic) bond motifs is 1. The van der Waals surface area contributed by atoms with Crippen LogP contribution < -0.4 is 10.6 Å². The van der Waals surface area contributed by atoms with Gasteiger partial charge in [-0.1, -0.05) is 32.0 Å². The van der Waals surface area contributed by atoms with Crippen molar-refractivity contribution < 1.29 is 54.2 Å². The standard InChI is InChI=1S/C27H30F6N2O6S/c1-15(2)14-42(39,40)19-10-11-20-16(12-19)13-34-24(20,22(37)41-23(3,4)5)21(36)35-18-8-6-17(7-9-18)25(38,26(28,29)30)27(31,32)33/h6-12,15,34,38H,13-14H2,1-5H3,(H,35,36). The number of hydrogen-bond donors (Lipinski definition) is 3. The van der Waals surface area contributed by atoms with E-state index in [4.69, 9.17) is 4.74 Å². The Kier molecular flexibility index (Phi) is 8.60. The van der Waals surface area contributed by atoms with Crippen molar-refractivity contribution in [1.29, 1.82) is 0 Å². The van der Waals surface area contributed by atoms with Crippen molar-refractivity contribution in [3.8, 4) is 0 Å². The Bertz CT molecular complexity index is 1450. The molecule has 0 radical (unpaired) electrons. The fourth-order valence-corrected chi connectivity index (χ4v) is 6.14. The number of carbonyl (C=O) groups excluding carboxylic acids is 2. The molecule has 42 heavy (non-hydrogen) atoms.